The third-order valence-electron chi connectivity index (χ3n) is 3.37. The van der Waals surface area contributed by atoms with Crippen LogP contribution in [0.1, 0.15) is 6.42 Å². The monoisotopic (exact) mass is 313 g/mol. The fourth-order valence-electron chi connectivity index (χ4n) is 2.20. The molecule has 1 unspecified atom stereocenters. The van der Waals surface area contributed by atoms with Gasteiger partial charge >= 0.3 is 0 Å². The van der Waals surface area contributed by atoms with E-state index in [1.807, 2.05) is 0 Å². The van der Waals surface area contributed by atoms with Gasteiger partial charge in [-0.15, -0.1) is 0 Å². The first-order valence-electron chi connectivity index (χ1n) is 6.88. The van der Waals surface area contributed by atoms with Gasteiger partial charge < -0.3 is 20.9 Å². The van der Waals surface area contributed by atoms with E-state index in [-0.39, 0.29) is 18.6 Å². The Morgan fingerprint density at radius 3 is 3.14 bits per heavy atom. The average Bonchev–Trinajstić information content (AvgIpc) is 2.49. The van der Waals surface area contributed by atoms with E-state index in [1.165, 1.54) is 0 Å². The van der Waals surface area contributed by atoms with Crippen molar-refractivity contribution in [1.82, 2.24) is 4.90 Å². The normalized spacial score (nSPS) is 19.4. The third kappa shape index (κ3) is 4.86. The lowest BCUT2D eigenvalue weighted by Crippen LogP contribution is -2.44. The highest BCUT2D eigenvalue weighted by molar-refractivity contribution is 6.31. The van der Waals surface area contributed by atoms with Crippen molar-refractivity contribution in [3.05, 3.63) is 23.2 Å². The SMILES string of the molecule is Nc1ccc(Cl)cc1NC(=O)CCN1CCOC(CO)C1. The molecule has 1 aromatic rings. The fraction of sp³-hybridized carbons (Fsp3) is 0.500. The van der Waals surface area contributed by atoms with Gasteiger partial charge in [0.05, 0.1) is 30.7 Å². The number of anilines is 2. The predicted octanol–water partition coefficient (Wildman–Crippen LogP) is 0.944. The number of aliphatic hydroxyl groups excluding tert-OH is 1. The Balaban J connectivity index is 1.80. The number of nitrogens with one attached hydrogen (secondary N) is 1. The minimum atomic E-state index is -0.162. The third-order valence-corrected chi connectivity index (χ3v) is 3.61. The summed E-state index contributed by atoms with van der Waals surface area (Å²) in [5.74, 6) is -0.115. The zero-order valence-corrected chi connectivity index (χ0v) is 12.5. The molecule has 1 fully saturated rings. The van der Waals surface area contributed by atoms with E-state index in [0.717, 1.165) is 6.54 Å². The Morgan fingerprint density at radius 1 is 1.57 bits per heavy atom. The number of hydrogen-bond donors (Lipinski definition) is 3. The highest BCUT2D eigenvalue weighted by Crippen LogP contribution is 2.23. The molecule has 1 heterocycles. The summed E-state index contributed by atoms with van der Waals surface area (Å²) in [7, 11) is 0. The van der Waals surface area contributed by atoms with Crippen LogP contribution in [-0.4, -0.2) is 54.9 Å². The van der Waals surface area contributed by atoms with Crippen molar-refractivity contribution in [2.24, 2.45) is 0 Å². The minimum absolute atomic E-state index is 0.00173. The van der Waals surface area contributed by atoms with Crippen LogP contribution >= 0.6 is 11.6 Å². The van der Waals surface area contributed by atoms with E-state index in [1.54, 1.807) is 18.2 Å². The van der Waals surface area contributed by atoms with E-state index in [9.17, 15) is 4.79 Å². The molecule has 0 saturated carbocycles. The van der Waals surface area contributed by atoms with Crippen LogP contribution in [-0.2, 0) is 9.53 Å². The zero-order valence-electron chi connectivity index (χ0n) is 11.7. The first-order valence-corrected chi connectivity index (χ1v) is 7.26. The number of benzene rings is 1. The summed E-state index contributed by atoms with van der Waals surface area (Å²) in [4.78, 5) is 14.1. The van der Waals surface area contributed by atoms with Gasteiger partial charge in [-0.05, 0) is 18.2 Å². The predicted molar refractivity (Wildman–Crippen MR) is 82.4 cm³/mol. The lowest BCUT2D eigenvalue weighted by molar-refractivity contribution is -0.117. The summed E-state index contributed by atoms with van der Waals surface area (Å²) in [6, 6.07) is 4.96. The molecule has 0 bridgehead atoms. The average molecular weight is 314 g/mol. The molecule has 6 nitrogen and oxygen atoms in total. The second-order valence-corrected chi connectivity index (χ2v) is 5.44. The lowest BCUT2D eigenvalue weighted by Gasteiger charge is -2.31. The Bertz CT molecular complexity index is 498. The topological polar surface area (TPSA) is 87.8 Å². The summed E-state index contributed by atoms with van der Waals surface area (Å²) < 4.78 is 5.37. The van der Waals surface area contributed by atoms with Crippen molar-refractivity contribution in [1.29, 1.82) is 0 Å². The quantitative estimate of drug-likeness (QED) is 0.704. The lowest BCUT2D eigenvalue weighted by atomic mass is 10.2. The molecular weight excluding hydrogens is 294 g/mol. The van der Waals surface area contributed by atoms with Crippen LogP contribution in [0.2, 0.25) is 5.02 Å². The number of rotatable bonds is 5. The first-order chi connectivity index (χ1) is 10.1. The molecule has 7 heteroatoms. The number of halogens is 1. The van der Waals surface area contributed by atoms with Crippen molar-refractivity contribution < 1.29 is 14.6 Å². The molecule has 4 N–H and O–H groups in total. The van der Waals surface area contributed by atoms with Crippen LogP contribution in [0.3, 0.4) is 0 Å². The maximum absolute atomic E-state index is 12.0. The number of hydrogen-bond acceptors (Lipinski definition) is 5. The van der Waals surface area contributed by atoms with Crippen molar-refractivity contribution in [3.8, 4) is 0 Å². The van der Waals surface area contributed by atoms with Crippen molar-refractivity contribution >= 4 is 28.9 Å². The van der Waals surface area contributed by atoms with Crippen molar-refractivity contribution in [2.45, 2.75) is 12.5 Å². The summed E-state index contributed by atoms with van der Waals surface area (Å²) in [5, 5.41) is 12.4. The zero-order chi connectivity index (χ0) is 15.2. The van der Waals surface area contributed by atoms with Gasteiger partial charge in [0.15, 0.2) is 0 Å². The number of morpholine rings is 1. The second kappa shape index (κ2) is 7.61. The van der Waals surface area contributed by atoms with Gasteiger partial charge in [0.25, 0.3) is 0 Å². The number of nitrogen functional groups attached to an aromatic ring is 1. The smallest absolute Gasteiger partial charge is 0.225 e. The van der Waals surface area contributed by atoms with E-state index < -0.39 is 0 Å². The number of ether oxygens (including phenoxy) is 1. The van der Waals surface area contributed by atoms with Crippen LogP contribution in [0, 0.1) is 0 Å². The Labute approximate surface area is 128 Å². The second-order valence-electron chi connectivity index (χ2n) is 5.01. The highest BCUT2D eigenvalue weighted by atomic mass is 35.5. The Morgan fingerprint density at radius 2 is 2.38 bits per heavy atom. The number of carbonyl (C=O) groups excluding carboxylic acids is 1. The molecule has 116 valence electrons. The van der Waals surface area contributed by atoms with Crippen LogP contribution in [0.15, 0.2) is 18.2 Å². The molecule has 0 aliphatic carbocycles. The van der Waals surface area contributed by atoms with Crippen molar-refractivity contribution in [2.75, 3.05) is 43.9 Å². The highest BCUT2D eigenvalue weighted by Gasteiger charge is 2.20. The van der Waals surface area contributed by atoms with Gasteiger partial charge in [0.1, 0.15) is 0 Å². The largest absolute Gasteiger partial charge is 0.397 e. The van der Waals surface area contributed by atoms with Gasteiger partial charge in [-0.1, -0.05) is 11.6 Å². The molecule has 1 atom stereocenters. The maximum atomic E-state index is 12.0. The number of amides is 1. The molecular formula is C14H20ClN3O3. The van der Waals surface area contributed by atoms with Crippen LogP contribution in [0.25, 0.3) is 0 Å². The summed E-state index contributed by atoms with van der Waals surface area (Å²) in [6.45, 7) is 2.61. The maximum Gasteiger partial charge on any atom is 0.225 e. The summed E-state index contributed by atoms with van der Waals surface area (Å²) in [5.41, 5.74) is 6.80. The number of nitrogens with two attached hydrogens (primary N) is 1. The summed E-state index contributed by atoms with van der Waals surface area (Å²) in [6.07, 6.45) is 0.190. The molecule has 1 saturated heterocycles. The molecule has 1 aromatic carbocycles. The van der Waals surface area contributed by atoms with Crippen LogP contribution < -0.4 is 11.1 Å². The van der Waals surface area contributed by atoms with Gasteiger partial charge in [0, 0.05) is 31.1 Å². The molecule has 2 rings (SSSR count). The standard InChI is InChI=1S/C14H20ClN3O3/c15-10-1-2-12(16)13(7-10)17-14(20)3-4-18-5-6-21-11(8-18)9-19/h1-2,7,11,19H,3-6,8-9,16H2,(H,17,20). The number of carbonyl (C=O) groups is 1. The molecule has 0 aromatic heterocycles. The van der Waals surface area contributed by atoms with Gasteiger partial charge in [-0.25, -0.2) is 0 Å². The molecule has 1 amide bonds. The van der Waals surface area contributed by atoms with Crippen LogP contribution in [0.4, 0.5) is 11.4 Å². The van der Waals surface area contributed by atoms with Gasteiger partial charge in [0.2, 0.25) is 5.91 Å². The van der Waals surface area contributed by atoms with Crippen LogP contribution in [0.5, 0.6) is 0 Å². The molecule has 1 aliphatic heterocycles. The number of nitrogens with zero attached hydrogens (tertiary/aromatic N) is 1. The fourth-order valence-corrected chi connectivity index (χ4v) is 2.38. The molecule has 21 heavy (non-hydrogen) atoms. The van der Waals surface area contributed by atoms with E-state index >= 15 is 0 Å². The van der Waals surface area contributed by atoms with Gasteiger partial charge in [-0.3, -0.25) is 9.69 Å². The Hall–Kier alpha value is -1.34. The van der Waals surface area contributed by atoms with Crippen molar-refractivity contribution in [3.63, 3.8) is 0 Å². The Kier molecular flexibility index (Phi) is 5.81. The first kappa shape index (κ1) is 16.0. The van der Waals surface area contributed by atoms with E-state index in [4.69, 9.17) is 27.2 Å². The minimum Gasteiger partial charge on any atom is -0.397 e. The van der Waals surface area contributed by atoms with E-state index in [0.29, 0.717) is 42.5 Å². The molecule has 0 radical (unpaired) electrons. The summed E-state index contributed by atoms with van der Waals surface area (Å²) >= 11 is 5.88. The molecule has 0 spiro atoms. The number of aliphatic hydroxyl groups is 1. The van der Waals surface area contributed by atoms with Gasteiger partial charge in [-0.2, -0.15) is 0 Å². The molecule has 1 aliphatic rings. The van der Waals surface area contributed by atoms with E-state index in [2.05, 4.69) is 10.2 Å².